The predicted molar refractivity (Wildman–Crippen MR) is 74.5 cm³/mol. The topological polar surface area (TPSA) is 33.1 Å². The zero-order chi connectivity index (χ0) is 13.0. The molecular formula is C14H26N4. The first-order valence-corrected chi connectivity index (χ1v) is 7.16. The molecule has 1 aromatic heterocycles. The fourth-order valence-corrected chi connectivity index (χ4v) is 2.86. The zero-order valence-corrected chi connectivity index (χ0v) is 11.9. The minimum absolute atomic E-state index is 0.340. The van der Waals surface area contributed by atoms with Crippen LogP contribution in [0.5, 0.6) is 0 Å². The highest BCUT2D eigenvalue weighted by molar-refractivity contribution is 4.98. The summed E-state index contributed by atoms with van der Waals surface area (Å²) in [6.07, 6.45) is 7.67. The number of hydrogen-bond acceptors (Lipinski definition) is 3. The van der Waals surface area contributed by atoms with Crippen molar-refractivity contribution in [3.05, 3.63) is 18.2 Å². The van der Waals surface area contributed by atoms with E-state index < -0.39 is 0 Å². The van der Waals surface area contributed by atoms with Gasteiger partial charge in [-0.2, -0.15) is 0 Å². The van der Waals surface area contributed by atoms with Gasteiger partial charge in [-0.15, -0.1) is 0 Å². The average molecular weight is 250 g/mol. The van der Waals surface area contributed by atoms with Crippen LogP contribution in [0.15, 0.2) is 12.4 Å². The Morgan fingerprint density at radius 3 is 2.72 bits per heavy atom. The van der Waals surface area contributed by atoms with Crippen LogP contribution in [0, 0.1) is 0 Å². The van der Waals surface area contributed by atoms with Gasteiger partial charge < -0.3 is 14.8 Å². The number of nitrogens with one attached hydrogen (secondary N) is 1. The van der Waals surface area contributed by atoms with Crippen molar-refractivity contribution in [2.75, 3.05) is 19.6 Å². The molecule has 1 N–H and O–H groups in total. The lowest BCUT2D eigenvalue weighted by atomic mass is 10.0. The molecule has 0 saturated carbocycles. The third kappa shape index (κ3) is 3.33. The number of likely N-dealkylation sites (tertiary alicyclic amines) is 1. The summed E-state index contributed by atoms with van der Waals surface area (Å²) in [6, 6.07) is 0.984. The van der Waals surface area contributed by atoms with Crippen LogP contribution in [-0.4, -0.2) is 40.1 Å². The average Bonchev–Trinajstić information content (AvgIpc) is 2.78. The maximum absolute atomic E-state index is 4.42. The molecule has 102 valence electrons. The van der Waals surface area contributed by atoms with E-state index in [2.05, 4.69) is 40.7 Å². The van der Waals surface area contributed by atoms with Gasteiger partial charge in [0.2, 0.25) is 0 Å². The lowest BCUT2D eigenvalue weighted by molar-refractivity contribution is 0.191. The minimum Gasteiger partial charge on any atom is -0.337 e. The summed E-state index contributed by atoms with van der Waals surface area (Å²) in [4.78, 5) is 6.99. The van der Waals surface area contributed by atoms with E-state index in [1.807, 2.05) is 12.4 Å². The van der Waals surface area contributed by atoms with Crippen LogP contribution in [0.1, 0.15) is 45.0 Å². The zero-order valence-electron chi connectivity index (χ0n) is 11.9. The Morgan fingerprint density at radius 1 is 1.44 bits per heavy atom. The standard InChI is InChI=1S/C14H26N4/c1-4-8-18-9-5-13(6-10-18)16-12(2)14-15-7-11-17(14)3/h7,11-13,16H,4-6,8-10H2,1-3H3. The molecule has 1 aromatic rings. The highest BCUT2D eigenvalue weighted by Crippen LogP contribution is 2.16. The first kappa shape index (κ1) is 13.6. The molecule has 2 rings (SSSR count). The maximum Gasteiger partial charge on any atom is 0.125 e. The second kappa shape index (κ2) is 6.34. The minimum atomic E-state index is 0.340. The highest BCUT2D eigenvalue weighted by Gasteiger charge is 2.21. The van der Waals surface area contributed by atoms with Crippen LogP contribution >= 0.6 is 0 Å². The van der Waals surface area contributed by atoms with Gasteiger partial charge >= 0.3 is 0 Å². The molecule has 2 heterocycles. The maximum atomic E-state index is 4.42. The molecule has 0 aliphatic carbocycles. The van der Waals surface area contributed by atoms with Crippen molar-refractivity contribution in [1.82, 2.24) is 19.8 Å². The summed E-state index contributed by atoms with van der Waals surface area (Å²) in [6.45, 7) is 8.19. The van der Waals surface area contributed by atoms with Crippen LogP contribution in [-0.2, 0) is 7.05 Å². The van der Waals surface area contributed by atoms with Crippen LogP contribution in [0.25, 0.3) is 0 Å². The first-order chi connectivity index (χ1) is 8.70. The van der Waals surface area contributed by atoms with Crippen molar-refractivity contribution in [3.63, 3.8) is 0 Å². The molecule has 18 heavy (non-hydrogen) atoms. The van der Waals surface area contributed by atoms with E-state index in [-0.39, 0.29) is 0 Å². The van der Waals surface area contributed by atoms with Crippen molar-refractivity contribution >= 4 is 0 Å². The molecule has 0 aromatic carbocycles. The molecule has 0 spiro atoms. The molecule has 0 radical (unpaired) electrons. The van der Waals surface area contributed by atoms with Gasteiger partial charge in [0.25, 0.3) is 0 Å². The molecule has 1 aliphatic rings. The fraction of sp³-hybridized carbons (Fsp3) is 0.786. The third-order valence-electron chi connectivity index (χ3n) is 3.86. The van der Waals surface area contributed by atoms with Gasteiger partial charge in [-0.3, -0.25) is 0 Å². The van der Waals surface area contributed by atoms with Crippen molar-refractivity contribution in [2.24, 2.45) is 7.05 Å². The SMILES string of the molecule is CCCN1CCC(NC(C)c2nccn2C)CC1. The lowest BCUT2D eigenvalue weighted by Crippen LogP contribution is -2.43. The Balaban J connectivity index is 1.79. The molecule has 4 nitrogen and oxygen atoms in total. The molecule has 0 amide bonds. The molecule has 0 bridgehead atoms. The number of aryl methyl sites for hydroxylation is 1. The summed E-state index contributed by atoms with van der Waals surface area (Å²) in [5, 5.41) is 3.71. The predicted octanol–water partition coefficient (Wildman–Crippen LogP) is 1.95. The number of aromatic nitrogens is 2. The van der Waals surface area contributed by atoms with E-state index in [0.717, 1.165) is 5.82 Å². The number of rotatable bonds is 5. The largest absolute Gasteiger partial charge is 0.337 e. The lowest BCUT2D eigenvalue weighted by Gasteiger charge is -2.33. The van der Waals surface area contributed by atoms with Crippen molar-refractivity contribution in [3.8, 4) is 0 Å². The van der Waals surface area contributed by atoms with E-state index in [4.69, 9.17) is 0 Å². The molecule has 1 aliphatic heterocycles. The van der Waals surface area contributed by atoms with Gasteiger partial charge in [0.15, 0.2) is 0 Å². The third-order valence-corrected chi connectivity index (χ3v) is 3.86. The van der Waals surface area contributed by atoms with Crippen molar-refractivity contribution in [2.45, 2.75) is 45.2 Å². The Bertz CT molecular complexity index is 352. The number of nitrogens with zero attached hydrogens (tertiary/aromatic N) is 3. The second-order valence-electron chi connectivity index (χ2n) is 5.40. The van der Waals surface area contributed by atoms with Crippen molar-refractivity contribution in [1.29, 1.82) is 0 Å². The van der Waals surface area contributed by atoms with Gasteiger partial charge in [0, 0.05) is 25.5 Å². The first-order valence-electron chi connectivity index (χ1n) is 7.16. The molecule has 1 fully saturated rings. The van der Waals surface area contributed by atoms with Gasteiger partial charge in [-0.25, -0.2) is 4.98 Å². The fourth-order valence-electron chi connectivity index (χ4n) is 2.86. The molecule has 1 unspecified atom stereocenters. The van der Waals surface area contributed by atoms with E-state index in [0.29, 0.717) is 12.1 Å². The van der Waals surface area contributed by atoms with E-state index in [1.54, 1.807) is 0 Å². The van der Waals surface area contributed by atoms with Crippen molar-refractivity contribution < 1.29 is 0 Å². The summed E-state index contributed by atoms with van der Waals surface area (Å²) in [5.41, 5.74) is 0. The van der Waals surface area contributed by atoms with E-state index in [9.17, 15) is 0 Å². The van der Waals surface area contributed by atoms with Crippen LogP contribution < -0.4 is 5.32 Å². The molecule has 4 heteroatoms. The Morgan fingerprint density at radius 2 is 2.17 bits per heavy atom. The van der Waals surface area contributed by atoms with Gasteiger partial charge in [0.05, 0.1) is 6.04 Å². The Labute approximate surface area is 110 Å². The normalized spacial score (nSPS) is 20.2. The smallest absolute Gasteiger partial charge is 0.125 e. The quantitative estimate of drug-likeness (QED) is 0.867. The van der Waals surface area contributed by atoms with Gasteiger partial charge in [0.1, 0.15) is 5.82 Å². The highest BCUT2D eigenvalue weighted by atomic mass is 15.2. The van der Waals surface area contributed by atoms with E-state index >= 15 is 0 Å². The summed E-state index contributed by atoms with van der Waals surface area (Å²) < 4.78 is 2.10. The summed E-state index contributed by atoms with van der Waals surface area (Å²) in [5.74, 6) is 1.13. The van der Waals surface area contributed by atoms with Crippen LogP contribution in [0.3, 0.4) is 0 Å². The molecular weight excluding hydrogens is 224 g/mol. The monoisotopic (exact) mass is 250 g/mol. The number of hydrogen-bond donors (Lipinski definition) is 1. The van der Waals surface area contributed by atoms with Gasteiger partial charge in [-0.05, 0) is 45.8 Å². The summed E-state index contributed by atoms with van der Waals surface area (Å²) >= 11 is 0. The van der Waals surface area contributed by atoms with Crippen LogP contribution in [0.4, 0.5) is 0 Å². The molecule has 1 atom stereocenters. The second-order valence-corrected chi connectivity index (χ2v) is 5.40. The molecule has 1 saturated heterocycles. The Hall–Kier alpha value is -0.870. The number of imidazole rings is 1. The van der Waals surface area contributed by atoms with Gasteiger partial charge in [-0.1, -0.05) is 6.92 Å². The summed E-state index contributed by atoms with van der Waals surface area (Å²) in [7, 11) is 2.06. The Kier molecular flexibility index (Phi) is 4.78. The van der Waals surface area contributed by atoms with E-state index in [1.165, 1.54) is 38.9 Å². The van der Waals surface area contributed by atoms with Crippen LogP contribution in [0.2, 0.25) is 0 Å². The number of piperidine rings is 1.